The fourth-order valence-electron chi connectivity index (χ4n) is 1.39. The molecule has 2 rings (SSSR count). The second-order valence-electron chi connectivity index (χ2n) is 3.49. The third-order valence-corrected chi connectivity index (χ3v) is 5.82. The number of benzene rings is 1. The summed E-state index contributed by atoms with van der Waals surface area (Å²) in [6.45, 7) is 0.695. The van der Waals surface area contributed by atoms with Gasteiger partial charge in [-0.05, 0) is 56.1 Å². The summed E-state index contributed by atoms with van der Waals surface area (Å²) < 4.78 is 2.13. The van der Waals surface area contributed by atoms with Crippen LogP contribution in [0.2, 0.25) is 5.02 Å². The first-order valence-electron chi connectivity index (χ1n) is 4.97. The number of anilines is 1. The van der Waals surface area contributed by atoms with Crippen molar-refractivity contribution in [3.8, 4) is 6.07 Å². The molecule has 0 saturated heterocycles. The van der Waals surface area contributed by atoms with Gasteiger partial charge in [-0.15, -0.1) is 11.3 Å². The molecule has 0 amide bonds. The molecule has 0 radical (unpaired) electrons. The highest BCUT2D eigenvalue weighted by Crippen LogP contribution is 2.33. The summed E-state index contributed by atoms with van der Waals surface area (Å²) in [7, 11) is 0. The van der Waals surface area contributed by atoms with Crippen molar-refractivity contribution in [1.29, 1.82) is 5.26 Å². The van der Waals surface area contributed by atoms with Gasteiger partial charge in [0.05, 0.1) is 26.1 Å². The van der Waals surface area contributed by atoms with E-state index in [1.165, 1.54) is 4.88 Å². The SMILES string of the molecule is N#Cc1ccc(NCc2cc(Br)c(Br)s2)c(Cl)c1. The minimum absolute atomic E-state index is 0.559. The summed E-state index contributed by atoms with van der Waals surface area (Å²) in [5.41, 5.74) is 1.39. The Morgan fingerprint density at radius 3 is 2.67 bits per heavy atom. The molecule has 6 heteroatoms. The lowest BCUT2D eigenvalue weighted by Gasteiger charge is -2.07. The predicted molar refractivity (Wildman–Crippen MR) is 83.2 cm³/mol. The maximum atomic E-state index is 8.76. The Hall–Kier alpha value is -0.540. The van der Waals surface area contributed by atoms with Crippen molar-refractivity contribution in [2.45, 2.75) is 6.54 Å². The summed E-state index contributed by atoms with van der Waals surface area (Å²) >= 11 is 14.6. The van der Waals surface area contributed by atoms with Gasteiger partial charge in [0, 0.05) is 15.9 Å². The zero-order valence-corrected chi connectivity index (χ0v) is 13.8. The Kier molecular flexibility index (Phi) is 4.68. The molecule has 0 aliphatic heterocycles. The molecule has 92 valence electrons. The smallest absolute Gasteiger partial charge is 0.0992 e. The molecule has 1 N–H and O–H groups in total. The number of hydrogen-bond donors (Lipinski definition) is 1. The van der Waals surface area contributed by atoms with Gasteiger partial charge < -0.3 is 5.32 Å². The fraction of sp³-hybridized carbons (Fsp3) is 0.0833. The van der Waals surface area contributed by atoms with E-state index in [0.717, 1.165) is 13.9 Å². The Morgan fingerprint density at radius 2 is 2.11 bits per heavy atom. The summed E-state index contributed by atoms with van der Waals surface area (Å²) in [6.07, 6.45) is 0. The molecule has 1 heterocycles. The third-order valence-electron chi connectivity index (χ3n) is 2.25. The minimum Gasteiger partial charge on any atom is -0.379 e. The van der Waals surface area contributed by atoms with Crippen molar-refractivity contribution >= 4 is 60.5 Å². The third kappa shape index (κ3) is 3.27. The molecule has 0 bridgehead atoms. The summed E-state index contributed by atoms with van der Waals surface area (Å²) in [6, 6.07) is 9.33. The first-order chi connectivity index (χ1) is 8.60. The molecule has 0 unspecified atom stereocenters. The quantitative estimate of drug-likeness (QED) is 0.740. The molecular weight excluding hydrogens is 399 g/mol. The number of nitrogens with zero attached hydrogens (tertiary/aromatic N) is 1. The van der Waals surface area contributed by atoms with Crippen LogP contribution < -0.4 is 5.32 Å². The second-order valence-corrected chi connectivity index (χ2v) is 7.21. The van der Waals surface area contributed by atoms with Crippen molar-refractivity contribution in [2.24, 2.45) is 0 Å². The van der Waals surface area contributed by atoms with Gasteiger partial charge >= 0.3 is 0 Å². The monoisotopic (exact) mass is 404 g/mol. The molecule has 0 aliphatic carbocycles. The van der Waals surface area contributed by atoms with Crippen molar-refractivity contribution < 1.29 is 0 Å². The van der Waals surface area contributed by atoms with Crippen LogP contribution in [0.25, 0.3) is 0 Å². The lowest BCUT2D eigenvalue weighted by Crippen LogP contribution is -1.98. The zero-order valence-electron chi connectivity index (χ0n) is 9.01. The van der Waals surface area contributed by atoms with Gasteiger partial charge in [0.25, 0.3) is 0 Å². The van der Waals surface area contributed by atoms with Crippen LogP contribution in [0.4, 0.5) is 5.69 Å². The first kappa shape index (κ1) is 13.9. The summed E-state index contributed by atoms with van der Waals surface area (Å²) in [5.74, 6) is 0. The lowest BCUT2D eigenvalue weighted by molar-refractivity contribution is 1.19. The molecule has 1 aromatic carbocycles. The van der Waals surface area contributed by atoms with Crippen molar-refractivity contribution in [3.05, 3.63) is 48.0 Å². The van der Waals surface area contributed by atoms with Crippen LogP contribution >= 0.6 is 54.8 Å². The number of thiophene rings is 1. The number of nitrogens with one attached hydrogen (secondary N) is 1. The highest BCUT2D eigenvalue weighted by Gasteiger charge is 2.05. The summed E-state index contributed by atoms with van der Waals surface area (Å²) in [5, 5.41) is 12.6. The molecule has 18 heavy (non-hydrogen) atoms. The van der Waals surface area contributed by atoms with Crippen LogP contribution in [0, 0.1) is 11.3 Å². The molecule has 0 spiro atoms. The van der Waals surface area contributed by atoms with Gasteiger partial charge in [-0.25, -0.2) is 0 Å². The van der Waals surface area contributed by atoms with Gasteiger partial charge in [-0.1, -0.05) is 11.6 Å². The van der Waals surface area contributed by atoms with Crippen molar-refractivity contribution in [1.82, 2.24) is 0 Å². The molecule has 1 aromatic heterocycles. The Bertz CT molecular complexity index is 600. The van der Waals surface area contributed by atoms with Gasteiger partial charge in [0.15, 0.2) is 0 Å². The Labute approximate surface area is 131 Å². The van der Waals surface area contributed by atoms with E-state index in [2.05, 4.69) is 49.3 Å². The van der Waals surface area contributed by atoms with Crippen LogP contribution in [0.1, 0.15) is 10.4 Å². The van der Waals surface area contributed by atoms with E-state index < -0.39 is 0 Å². The Morgan fingerprint density at radius 1 is 1.33 bits per heavy atom. The minimum atomic E-state index is 0.559. The highest BCUT2D eigenvalue weighted by atomic mass is 79.9. The number of rotatable bonds is 3. The van der Waals surface area contributed by atoms with E-state index in [0.29, 0.717) is 17.1 Å². The van der Waals surface area contributed by atoms with Crippen LogP contribution in [0.5, 0.6) is 0 Å². The molecule has 2 aromatic rings. The van der Waals surface area contributed by atoms with E-state index in [4.69, 9.17) is 16.9 Å². The fourth-order valence-corrected chi connectivity index (χ4v) is 3.75. The van der Waals surface area contributed by atoms with Crippen LogP contribution in [-0.2, 0) is 6.54 Å². The van der Waals surface area contributed by atoms with E-state index in [-0.39, 0.29) is 0 Å². The predicted octanol–water partition coefficient (Wildman–Crippen LogP) is 5.41. The maximum Gasteiger partial charge on any atom is 0.0992 e. The molecule has 2 nitrogen and oxygen atoms in total. The van der Waals surface area contributed by atoms with E-state index in [9.17, 15) is 0 Å². The van der Waals surface area contributed by atoms with Crippen LogP contribution in [0.3, 0.4) is 0 Å². The van der Waals surface area contributed by atoms with E-state index >= 15 is 0 Å². The molecule has 0 aliphatic rings. The van der Waals surface area contributed by atoms with E-state index in [1.54, 1.807) is 23.5 Å². The molecule has 0 saturated carbocycles. The van der Waals surface area contributed by atoms with Crippen molar-refractivity contribution in [3.63, 3.8) is 0 Å². The van der Waals surface area contributed by atoms with Gasteiger partial charge in [0.2, 0.25) is 0 Å². The lowest BCUT2D eigenvalue weighted by atomic mass is 10.2. The Balaban J connectivity index is 2.09. The largest absolute Gasteiger partial charge is 0.379 e. The van der Waals surface area contributed by atoms with Crippen molar-refractivity contribution in [2.75, 3.05) is 5.32 Å². The van der Waals surface area contributed by atoms with E-state index in [1.807, 2.05) is 6.07 Å². The zero-order chi connectivity index (χ0) is 13.1. The topological polar surface area (TPSA) is 35.8 Å². The normalized spacial score (nSPS) is 10.1. The standard InChI is InChI=1S/C12H7Br2ClN2S/c13-9-4-8(18-12(9)14)6-17-11-2-1-7(5-16)3-10(11)15/h1-4,17H,6H2. The molecule has 0 fully saturated rings. The second kappa shape index (κ2) is 6.07. The number of nitriles is 1. The molecule has 0 atom stereocenters. The molecular formula is C12H7Br2ClN2S. The van der Waals surface area contributed by atoms with Gasteiger partial charge in [-0.2, -0.15) is 5.26 Å². The average Bonchev–Trinajstić information content (AvgIpc) is 2.67. The first-order valence-corrected chi connectivity index (χ1v) is 7.75. The highest BCUT2D eigenvalue weighted by molar-refractivity contribution is 9.13. The summed E-state index contributed by atoms with van der Waals surface area (Å²) in [4.78, 5) is 1.19. The van der Waals surface area contributed by atoms with Gasteiger partial charge in [-0.3, -0.25) is 0 Å². The maximum absolute atomic E-state index is 8.76. The van der Waals surface area contributed by atoms with Crippen LogP contribution in [0.15, 0.2) is 32.5 Å². The average molecular weight is 407 g/mol. The van der Waals surface area contributed by atoms with Crippen LogP contribution in [-0.4, -0.2) is 0 Å². The number of hydrogen-bond acceptors (Lipinski definition) is 3. The number of halogens is 3. The van der Waals surface area contributed by atoms with Gasteiger partial charge in [0.1, 0.15) is 0 Å².